The summed E-state index contributed by atoms with van der Waals surface area (Å²) in [7, 11) is 0. The van der Waals surface area contributed by atoms with Crippen molar-refractivity contribution in [2.45, 2.75) is 13.5 Å². The lowest BCUT2D eigenvalue weighted by Crippen LogP contribution is -2.20. The van der Waals surface area contributed by atoms with E-state index in [0.717, 1.165) is 16.5 Å². The highest BCUT2D eigenvalue weighted by atomic mass is 16.3. The van der Waals surface area contributed by atoms with Crippen LogP contribution in [0.2, 0.25) is 0 Å². The van der Waals surface area contributed by atoms with Crippen molar-refractivity contribution in [3.05, 3.63) is 66.1 Å². The number of amides is 2. The van der Waals surface area contributed by atoms with E-state index in [2.05, 4.69) is 5.32 Å². The Bertz CT molecular complexity index is 1150. The van der Waals surface area contributed by atoms with Crippen LogP contribution in [-0.2, 0) is 11.3 Å². The number of aromatic nitrogens is 1. The molecule has 0 fully saturated rings. The van der Waals surface area contributed by atoms with Gasteiger partial charge in [0.15, 0.2) is 0 Å². The zero-order valence-corrected chi connectivity index (χ0v) is 14.2. The van der Waals surface area contributed by atoms with Crippen LogP contribution in [0.1, 0.15) is 16.1 Å². The average Bonchev–Trinajstić information content (AvgIpc) is 3.14. The van der Waals surface area contributed by atoms with Crippen molar-refractivity contribution < 1.29 is 14.0 Å². The summed E-state index contributed by atoms with van der Waals surface area (Å²) < 4.78 is 7.37. The predicted octanol–water partition coefficient (Wildman–Crippen LogP) is 3.43. The molecule has 0 bridgehead atoms. The first-order valence-corrected chi connectivity index (χ1v) is 8.20. The van der Waals surface area contributed by atoms with Gasteiger partial charge in [0.05, 0.1) is 0 Å². The lowest BCUT2D eigenvalue weighted by molar-refractivity contribution is -0.116. The number of para-hydroxylation sites is 2. The van der Waals surface area contributed by atoms with Gasteiger partial charge in [-0.3, -0.25) is 9.59 Å². The highest BCUT2D eigenvalue weighted by Crippen LogP contribution is 2.30. The van der Waals surface area contributed by atoms with Gasteiger partial charge in [-0.05, 0) is 30.7 Å². The Balaban J connectivity index is 1.67. The summed E-state index contributed by atoms with van der Waals surface area (Å²) in [6, 6.07) is 15.0. The molecule has 0 aliphatic carbocycles. The molecule has 130 valence electrons. The van der Waals surface area contributed by atoms with E-state index in [1.165, 1.54) is 0 Å². The molecule has 0 aliphatic heterocycles. The summed E-state index contributed by atoms with van der Waals surface area (Å²) in [4.78, 5) is 24.3. The van der Waals surface area contributed by atoms with E-state index in [1.54, 1.807) is 24.3 Å². The number of nitrogens with one attached hydrogen (secondary N) is 1. The van der Waals surface area contributed by atoms with E-state index in [0.29, 0.717) is 16.7 Å². The number of rotatable bonds is 4. The molecule has 0 saturated carbocycles. The highest BCUT2D eigenvalue weighted by Gasteiger charge is 2.20. The van der Waals surface area contributed by atoms with Crippen molar-refractivity contribution in [2.24, 2.45) is 5.73 Å². The number of nitrogens with zero attached hydrogens (tertiary/aromatic N) is 1. The second-order valence-corrected chi connectivity index (χ2v) is 6.17. The van der Waals surface area contributed by atoms with Crippen LogP contribution in [0.25, 0.3) is 21.9 Å². The van der Waals surface area contributed by atoms with Gasteiger partial charge >= 0.3 is 0 Å². The van der Waals surface area contributed by atoms with Crippen molar-refractivity contribution in [2.75, 3.05) is 5.32 Å². The lowest BCUT2D eigenvalue weighted by atomic mass is 10.2. The van der Waals surface area contributed by atoms with E-state index in [1.807, 2.05) is 42.0 Å². The first kappa shape index (κ1) is 16.0. The number of anilines is 1. The standard InChI is InChI=1S/C20H17N3O3/c1-12-10-23(15-8-4-2-6-13(12)15)11-17(24)22-18-14-7-3-5-9-16(14)26-19(18)20(21)25/h2-10H,11H2,1H3,(H2,21,25)(H,22,24). The molecule has 2 aromatic heterocycles. The summed E-state index contributed by atoms with van der Waals surface area (Å²) >= 11 is 0. The van der Waals surface area contributed by atoms with Gasteiger partial charge in [-0.15, -0.1) is 0 Å². The van der Waals surface area contributed by atoms with Crippen molar-refractivity contribution >= 4 is 39.4 Å². The van der Waals surface area contributed by atoms with Gasteiger partial charge in [0.25, 0.3) is 5.91 Å². The quantitative estimate of drug-likeness (QED) is 0.592. The minimum atomic E-state index is -0.723. The molecule has 0 atom stereocenters. The number of furan rings is 1. The molecule has 0 aliphatic rings. The van der Waals surface area contributed by atoms with Crippen LogP contribution in [0.3, 0.4) is 0 Å². The van der Waals surface area contributed by atoms with Gasteiger partial charge in [-0.2, -0.15) is 0 Å². The zero-order chi connectivity index (χ0) is 18.3. The second kappa shape index (κ2) is 6.07. The van der Waals surface area contributed by atoms with Gasteiger partial charge in [-0.1, -0.05) is 30.3 Å². The van der Waals surface area contributed by atoms with Crippen LogP contribution in [0.15, 0.2) is 59.1 Å². The molecule has 4 aromatic rings. The Morgan fingerprint density at radius 3 is 2.54 bits per heavy atom. The normalized spacial score (nSPS) is 11.1. The summed E-state index contributed by atoms with van der Waals surface area (Å²) in [6.07, 6.45) is 1.94. The number of carbonyl (C=O) groups is 2. The number of primary amides is 1. The first-order chi connectivity index (χ1) is 12.5. The maximum absolute atomic E-state index is 12.6. The molecule has 6 heteroatoms. The fourth-order valence-electron chi connectivity index (χ4n) is 3.24. The first-order valence-electron chi connectivity index (χ1n) is 8.20. The molecule has 4 rings (SSSR count). The number of nitrogens with two attached hydrogens (primary N) is 1. The van der Waals surface area contributed by atoms with Crippen molar-refractivity contribution in [1.82, 2.24) is 4.57 Å². The zero-order valence-electron chi connectivity index (χ0n) is 14.2. The molecular weight excluding hydrogens is 330 g/mol. The molecule has 0 unspecified atom stereocenters. The van der Waals surface area contributed by atoms with Crippen molar-refractivity contribution in [3.8, 4) is 0 Å². The van der Waals surface area contributed by atoms with E-state index in [-0.39, 0.29) is 18.2 Å². The Morgan fingerprint density at radius 1 is 1.08 bits per heavy atom. The number of fused-ring (bicyclic) bond motifs is 2. The van der Waals surface area contributed by atoms with Gasteiger partial charge in [0, 0.05) is 22.5 Å². The van der Waals surface area contributed by atoms with Crippen LogP contribution < -0.4 is 11.1 Å². The third-order valence-corrected chi connectivity index (χ3v) is 4.39. The topological polar surface area (TPSA) is 90.3 Å². The fourth-order valence-corrected chi connectivity index (χ4v) is 3.24. The van der Waals surface area contributed by atoms with Crippen LogP contribution in [-0.4, -0.2) is 16.4 Å². The van der Waals surface area contributed by atoms with Crippen molar-refractivity contribution in [3.63, 3.8) is 0 Å². The minimum Gasteiger partial charge on any atom is -0.449 e. The van der Waals surface area contributed by atoms with Crippen LogP contribution >= 0.6 is 0 Å². The van der Waals surface area contributed by atoms with Gasteiger partial charge in [0.1, 0.15) is 17.8 Å². The monoisotopic (exact) mass is 347 g/mol. The number of hydrogen-bond acceptors (Lipinski definition) is 3. The highest BCUT2D eigenvalue weighted by molar-refractivity contribution is 6.10. The van der Waals surface area contributed by atoms with Crippen LogP contribution in [0, 0.1) is 6.92 Å². The molecule has 0 radical (unpaired) electrons. The summed E-state index contributed by atoms with van der Waals surface area (Å²) in [5, 5.41) is 4.53. The SMILES string of the molecule is Cc1cn(CC(=O)Nc2c(C(N)=O)oc3ccccc23)c2ccccc12. The Labute approximate surface area is 149 Å². The summed E-state index contributed by atoms with van der Waals surface area (Å²) in [6.45, 7) is 2.12. The fraction of sp³-hybridized carbons (Fsp3) is 0.100. The largest absolute Gasteiger partial charge is 0.449 e. The van der Waals surface area contributed by atoms with E-state index >= 15 is 0 Å². The second-order valence-electron chi connectivity index (χ2n) is 6.17. The molecule has 2 heterocycles. The number of carbonyl (C=O) groups excluding carboxylic acids is 2. The van der Waals surface area contributed by atoms with Gasteiger partial charge in [-0.25, -0.2) is 0 Å². The van der Waals surface area contributed by atoms with Crippen LogP contribution in [0.4, 0.5) is 5.69 Å². The number of hydrogen-bond donors (Lipinski definition) is 2. The third-order valence-electron chi connectivity index (χ3n) is 4.39. The smallest absolute Gasteiger partial charge is 0.286 e. The maximum Gasteiger partial charge on any atom is 0.286 e. The van der Waals surface area contributed by atoms with E-state index < -0.39 is 5.91 Å². The van der Waals surface area contributed by atoms with Crippen molar-refractivity contribution in [1.29, 1.82) is 0 Å². The number of aryl methyl sites for hydroxylation is 1. The Hall–Kier alpha value is -3.54. The maximum atomic E-state index is 12.6. The predicted molar refractivity (Wildman–Crippen MR) is 100 cm³/mol. The molecule has 3 N–H and O–H groups in total. The molecular formula is C20H17N3O3. The Kier molecular flexibility index (Phi) is 3.73. The molecule has 0 spiro atoms. The van der Waals surface area contributed by atoms with E-state index in [9.17, 15) is 9.59 Å². The molecule has 6 nitrogen and oxygen atoms in total. The molecule has 2 amide bonds. The van der Waals surface area contributed by atoms with Crippen LogP contribution in [0.5, 0.6) is 0 Å². The van der Waals surface area contributed by atoms with Gasteiger partial charge in [0.2, 0.25) is 11.7 Å². The summed E-state index contributed by atoms with van der Waals surface area (Å²) in [5.41, 5.74) is 8.28. The molecule has 26 heavy (non-hydrogen) atoms. The number of benzene rings is 2. The third kappa shape index (κ3) is 2.61. The lowest BCUT2D eigenvalue weighted by Gasteiger charge is -2.07. The average molecular weight is 347 g/mol. The van der Waals surface area contributed by atoms with E-state index in [4.69, 9.17) is 10.2 Å². The van der Waals surface area contributed by atoms with Gasteiger partial charge < -0.3 is 20.0 Å². The Morgan fingerprint density at radius 2 is 1.77 bits per heavy atom. The molecule has 0 saturated heterocycles. The minimum absolute atomic E-state index is 0.0481. The molecule has 2 aromatic carbocycles. The summed E-state index contributed by atoms with van der Waals surface area (Å²) in [5.74, 6) is -1.04.